The Labute approximate surface area is 149 Å². The molecule has 0 amide bonds. The normalized spacial score (nSPS) is 15.7. The number of sulfonamides is 1. The lowest BCUT2D eigenvalue weighted by atomic mass is 10.3. The lowest BCUT2D eigenvalue weighted by molar-refractivity contribution is 0.509. The molecule has 1 saturated heterocycles. The van der Waals surface area contributed by atoms with E-state index >= 15 is 0 Å². The molecular formula is C16H17F2N3O2S2. The van der Waals surface area contributed by atoms with Crippen molar-refractivity contribution in [2.45, 2.75) is 11.3 Å². The zero-order valence-corrected chi connectivity index (χ0v) is 14.9. The number of thioether (sulfide) groups is 1. The maximum atomic E-state index is 13.2. The molecule has 3 rings (SSSR count). The average molecular weight is 385 g/mol. The molecule has 1 N–H and O–H groups in total. The van der Waals surface area contributed by atoms with Crippen molar-refractivity contribution < 1.29 is 17.2 Å². The van der Waals surface area contributed by atoms with E-state index < -0.39 is 21.7 Å². The summed E-state index contributed by atoms with van der Waals surface area (Å²) in [5, 5.41) is 0. The summed E-state index contributed by atoms with van der Waals surface area (Å²) < 4.78 is 53.1. The second-order valence-electron chi connectivity index (χ2n) is 5.54. The number of aromatic nitrogens is 1. The van der Waals surface area contributed by atoms with Crippen LogP contribution in [0.4, 0.5) is 20.3 Å². The molecule has 1 aliphatic heterocycles. The first-order chi connectivity index (χ1) is 12.0. The minimum Gasteiger partial charge on any atom is -0.356 e. The van der Waals surface area contributed by atoms with Gasteiger partial charge in [0, 0.05) is 31.1 Å². The highest BCUT2D eigenvalue weighted by atomic mass is 32.2. The van der Waals surface area contributed by atoms with Crippen molar-refractivity contribution in [2.24, 2.45) is 0 Å². The Morgan fingerprint density at radius 1 is 1.08 bits per heavy atom. The summed E-state index contributed by atoms with van der Waals surface area (Å²) in [5.41, 5.74) is -0.0486. The van der Waals surface area contributed by atoms with Crippen LogP contribution in [0.2, 0.25) is 0 Å². The third kappa shape index (κ3) is 4.40. The number of hydrogen-bond donors (Lipinski definition) is 1. The zero-order chi connectivity index (χ0) is 17.9. The predicted octanol–water partition coefficient (Wildman–Crippen LogP) is 3.10. The molecule has 5 nitrogen and oxygen atoms in total. The van der Waals surface area contributed by atoms with Gasteiger partial charge in [-0.2, -0.15) is 11.8 Å². The fraction of sp³-hybridized carbons (Fsp3) is 0.312. The number of benzene rings is 1. The first kappa shape index (κ1) is 17.9. The SMILES string of the molecule is O=S(=O)(Nc1ccc(F)c(F)c1)c1ccc(N2CCCSCC2)nc1. The monoisotopic (exact) mass is 385 g/mol. The molecule has 25 heavy (non-hydrogen) atoms. The topological polar surface area (TPSA) is 62.3 Å². The van der Waals surface area contributed by atoms with Gasteiger partial charge in [0.1, 0.15) is 10.7 Å². The van der Waals surface area contributed by atoms with E-state index in [2.05, 4.69) is 14.6 Å². The van der Waals surface area contributed by atoms with Gasteiger partial charge in [-0.3, -0.25) is 4.72 Å². The molecule has 0 unspecified atom stereocenters. The molecule has 0 spiro atoms. The molecule has 1 fully saturated rings. The molecule has 2 heterocycles. The van der Waals surface area contributed by atoms with Crippen LogP contribution in [0.1, 0.15) is 6.42 Å². The third-order valence-electron chi connectivity index (χ3n) is 3.75. The van der Waals surface area contributed by atoms with Crippen molar-refractivity contribution in [3.63, 3.8) is 0 Å². The second-order valence-corrected chi connectivity index (χ2v) is 8.45. The van der Waals surface area contributed by atoms with Gasteiger partial charge in [-0.15, -0.1) is 0 Å². The van der Waals surface area contributed by atoms with Crippen molar-refractivity contribution >= 4 is 33.3 Å². The molecule has 1 aliphatic rings. The van der Waals surface area contributed by atoms with E-state index in [1.165, 1.54) is 12.3 Å². The maximum Gasteiger partial charge on any atom is 0.263 e. The summed E-state index contributed by atoms with van der Waals surface area (Å²) in [6.07, 6.45) is 2.33. The molecule has 0 aliphatic carbocycles. The predicted molar refractivity (Wildman–Crippen MR) is 95.6 cm³/mol. The molecule has 1 aromatic heterocycles. The summed E-state index contributed by atoms with van der Waals surface area (Å²) in [6, 6.07) is 5.94. The average Bonchev–Trinajstić information content (AvgIpc) is 2.87. The van der Waals surface area contributed by atoms with Gasteiger partial charge in [0.05, 0.1) is 5.69 Å². The highest BCUT2D eigenvalue weighted by Crippen LogP contribution is 2.21. The van der Waals surface area contributed by atoms with Gasteiger partial charge in [0.25, 0.3) is 10.0 Å². The quantitative estimate of drug-likeness (QED) is 0.876. The second kappa shape index (κ2) is 7.57. The van der Waals surface area contributed by atoms with E-state index in [0.717, 1.165) is 55.0 Å². The van der Waals surface area contributed by atoms with Crippen molar-refractivity contribution in [1.29, 1.82) is 0 Å². The van der Waals surface area contributed by atoms with Gasteiger partial charge in [-0.05, 0) is 36.4 Å². The Morgan fingerprint density at radius 3 is 2.64 bits per heavy atom. The zero-order valence-electron chi connectivity index (χ0n) is 13.3. The highest BCUT2D eigenvalue weighted by molar-refractivity contribution is 7.99. The van der Waals surface area contributed by atoms with Crippen LogP contribution in [0.3, 0.4) is 0 Å². The van der Waals surface area contributed by atoms with Crippen molar-refractivity contribution in [3.05, 3.63) is 48.2 Å². The van der Waals surface area contributed by atoms with Crippen LogP contribution < -0.4 is 9.62 Å². The molecule has 0 radical (unpaired) electrons. The molecule has 0 saturated carbocycles. The Bertz CT molecular complexity index is 837. The van der Waals surface area contributed by atoms with Crippen LogP contribution in [0, 0.1) is 11.6 Å². The summed E-state index contributed by atoms with van der Waals surface area (Å²) in [4.78, 5) is 6.33. The Hall–Kier alpha value is -1.87. The van der Waals surface area contributed by atoms with E-state index in [-0.39, 0.29) is 10.6 Å². The minimum absolute atomic E-state index is 0.0369. The summed E-state index contributed by atoms with van der Waals surface area (Å²) in [5.74, 6) is 0.701. The lowest BCUT2D eigenvalue weighted by Crippen LogP contribution is -2.26. The molecule has 9 heteroatoms. The molecule has 0 bridgehead atoms. The van der Waals surface area contributed by atoms with E-state index in [0.29, 0.717) is 0 Å². The van der Waals surface area contributed by atoms with Crippen molar-refractivity contribution in [1.82, 2.24) is 4.98 Å². The van der Waals surface area contributed by atoms with E-state index in [4.69, 9.17) is 0 Å². The molecule has 1 aromatic carbocycles. The standard InChI is InChI=1S/C16H17F2N3O2S2/c17-14-4-2-12(10-15(14)18)20-25(22,23)13-3-5-16(19-11-13)21-6-1-8-24-9-7-21/h2-5,10-11,20H,1,6-9H2. The van der Waals surface area contributed by atoms with Gasteiger partial charge in [0.2, 0.25) is 0 Å². The molecular weight excluding hydrogens is 368 g/mol. The Balaban J connectivity index is 1.76. The van der Waals surface area contributed by atoms with Gasteiger partial charge in [-0.1, -0.05) is 0 Å². The molecule has 2 aromatic rings. The fourth-order valence-electron chi connectivity index (χ4n) is 2.47. The van der Waals surface area contributed by atoms with Crippen molar-refractivity contribution in [2.75, 3.05) is 34.2 Å². The van der Waals surface area contributed by atoms with E-state index in [1.54, 1.807) is 6.07 Å². The van der Waals surface area contributed by atoms with Crippen LogP contribution in [0.25, 0.3) is 0 Å². The summed E-state index contributed by atoms with van der Waals surface area (Å²) in [7, 11) is -3.92. The van der Waals surface area contributed by atoms with Gasteiger partial charge in [0.15, 0.2) is 11.6 Å². The van der Waals surface area contributed by atoms with Gasteiger partial charge < -0.3 is 4.90 Å². The van der Waals surface area contributed by atoms with Gasteiger partial charge in [-0.25, -0.2) is 22.2 Å². The largest absolute Gasteiger partial charge is 0.356 e. The number of hydrogen-bond acceptors (Lipinski definition) is 5. The summed E-state index contributed by atoms with van der Waals surface area (Å²) >= 11 is 1.89. The fourth-order valence-corrected chi connectivity index (χ4v) is 4.35. The van der Waals surface area contributed by atoms with Crippen LogP contribution in [0.15, 0.2) is 41.4 Å². The highest BCUT2D eigenvalue weighted by Gasteiger charge is 2.17. The molecule has 0 atom stereocenters. The number of nitrogens with zero attached hydrogens (tertiary/aromatic N) is 2. The number of halogens is 2. The van der Waals surface area contributed by atoms with Crippen LogP contribution in [0.5, 0.6) is 0 Å². The number of anilines is 2. The van der Waals surface area contributed by atoms with Crippen LogP contribution in [-0.2, 0) is 10.0 Å². The smallest absolute Gasteiger partial charge is 0.263 e. The third-order valence-corrected chi connectivity index (χ3v) is 6.16. The van der Waals surface area contributed by atoms with Gasteiger partial charge >= 0.3 is 0 Å². The number of rotatable bonds is 4. The maximum absolute atomic E-state index is 13.2. The van der Waals surface area contributed by atoms with Crippen molar-refractivity contribution in [3.8, 4) is 0 Å². The van der Waals surface area contributed by atoms with E-state index in [9.17, 15) is 17.2 Å². The lowest BCUT2D eigenvalue weighted by Gasteiger charge is -2.21. The van der Waals surface area contributed by atoms with Crippen LogP contribution >= 0.6 is 11.8 Å². The minimum atomic E-state index is -3.92. The Kier molecular flexibility index (Phi) is 5.43. The van der Waals surface area contributed by atoms with E-state index in [1.807, 2.05) is 11.8 Å². The van der Waals surface area contributed by atoms with Crippen LogP contribution in [-0.4, -0.2) is 38.0 Å². The Morgan fingerprint density at radius 2 is 1.92 bits per heavy atom. The first-order valence-corrected chi connectivity index (χ1v) is 10.4. The summed E-state index contributed by atoms with van der Waals surface area (Å²) in [6.45, 7) is 1.76. The molecule has 134 valence electrons. The number of pyridine rings is 1. The number of nitrogens with one attached hydrogen (secondary N) is 1. The first-order valence-electron chi connectivity index (χ1n) is 7.72.